The van der Waals surface area contributed by atoms with Crippen molar-refractivity contribution in [3.8, 4) is 5.69 Å². The van der Waals surface area contributed by atoms with E-state index < -0.39 is 0 Å². The SMILES string of the molecule is Cc1ccc(NC(=O)C(C)CCCN)cc1-n1cnnn1. The van der Waals surface area contributed by atoms with Gasteiger partial charge in [-0.15, -0.1) is 5.10 Å². The lowest BCUT2D eigenvalue weighted by Gasteiger charge is -2.13. The fourth-order valence-electron chi connectivity index (χ4n) is 2.03. The van der Waals surface area contributed by atoms with E-state index >= 15 is 0 Å². The molecule has 0 aliphatic rings. The molecule has 7 heteroatoms. The van der Waals surface area contributed by atoms with E-state index in [-0.39, 0.29) is 11.8 Å². The van der Waals surface area contributed by atoms with Crippen LogP contribution in [0.1, 0.15) is 25.3 Å². The van der Waals surface area contributed by atoms with Crippen LogP contribution in [-0.2, 0) is 4.79 Å². The first-order valence-electron chi connectivity index (χ1n) is 6.96. The summed E-state index contributed by atoms with van der Waals surface area (Å²) in [5.74, 6) is -0.0682. The molecule has 7 nitrogen and oxygen atoms in total. The second-order valence-electron chi connectivity index (χ2n) is 5.08. The van der Waals surface area contributed by atoms with Crippen LogP contribution in [0.2, 0.25) is 0 Å². The smallest absolute Gasteiger partial charge is 0.227 e. The van der Waals surface area contributed by atoms with Gasteiger partial charge in [0.15, 0.2) is 0 Å². The molecule has 21 heavy (non-hydrogen) atoms. The van der Waals surface area contributed by atoms with E-state index in [9.17, 15) is 4.79 Å². The number of nitrogens with zero attached hydrogens (tertiary/aromatic N) is 4. The average Bonchev–Trinajstić information content (AvgIpc) is 3.00. The molecule has 2 rings (SSSR count). The van der Waals surface area contributed by atoms with Gasteiger partial charge in [-0.3, -0.25) is 4.79 Å². The lowest BCUT2D eigenvalue weighted by Crippen LogP contribution is -2.21. The molecule has 0 aliphatic heterocycles. The van der Waals surface area contributed by atoms with Gasteiger partial charge in [0, 0.05) is 11.6 Å². The predicted molar refractivity (Wildman–Crippen MR) is 80.0 cm³/mol. The van der Waals surface area contributed by atoms with E-state index in [1.54, 1.807) is 4.68 Å². The third kappa shape index (κ3) is 3.85. The summed E-state index contributed by atoms with van der Waals surface area (Å²) in [5.41, 5.74) is 8.06. The van der Waals surface area contributed by atoms with Crippen LogP contribution in [0.3, 0.4) is 0 Å². The summed E-state index contributed by atoms with van der Waals surface area (Å²) >= 11 is 0. The van der Waals surface area contributed by atoms with Gasteiger partial charge >= 0.3 is 0 Å². The summed E-state index contributed by atoms with van der Waals surface area (Å²) in [5, 5.41) is 14.0. The largest absolute Gasteiger partial charge is 0.330 e. The van der Waals surface area contributed by atoms with E-state index in [2.05, 4.69) is 20.8 Å². The van der Waals surface area contributed by atoms with Crippen molar-refractivity contribution in [2.75, 3.05) is 11.9 Å². The molecule has 1 amide bonds. The zero-order chi connectivity index (χ0) is 15.2. The maximum Gasteiger partial charge on any atom is 0.227 e. The van der Waals surface area contributed by atoms with E-state index in [1.807, 2.05) is 32.0 Å². The van der Waals surface area contributed by atoms with Gasteiger partial charge in [0.2, 0.25) is 5.91 Å². The molecular weight excluding hydrogens is 268 g/mol. The number of benzene rings is 1. The van der Waals surface area contributed by atoms with Crippen molar-refractivity contribution in [3.63, 3.8) is 0 Å². The maximum atomic E-state index is 12.1. The summed E-state index contributed by atoms with van der Waals surface area (Å²) in [6, 6.07) is 5.66. The van der Waals surface area contributed by atoms with E-state index in [0.717, 1.165) is 29.8 Å². The molecule has 1 unspecified atom stereocenters. The number of anilines is 1. The Morgan fingerprint density at radius 1 is 1.48 bits per heavy atom. The van der Waals surface area contributed by atoms with Crippen LogP contribution in [0.25, 0.3) is 5.69 Å². The first-order chi connectivity index (χ1) is 10.1. The lowest BCUT2D eigenvalue weighted by molar-refractivity contribution is -0.119. The van der Waals surface area contributed by atoms with Gasteiger partial charge in [0.1, 0.15) is 6.33 Å². The fraction of sp³-hybridized carbons (Fsp3) is 0.429. The number of rotatable bonds is 6. The molecule has 0 aliphatic carbocycles. The van der Waals surface area contributed by atoms with Crippen LogP contribution in [0.4, 0.5) is 5.69 Å². The molecule has 3 N–H and O–H groups in total. The van der Waals surface area contributed by atoms with Crippen LogP contribution < -0.4 is 11.1 Å². The van der Waals surface area contributed by atoms with Gasteiger partial charge in [-0.25, -0.2) is 4.68 Å². The van der Waals surface area contributed by atoms with Gasteiger partial charge < -0.3 is 11.1 Å². The predicted octanol–water partition coefficient (Wildman–Crippen LogP) is 1.28. The Morgan fingerprint density at radius 3 is 2.95 bits per heavy atom. The molecule has 1 aromatic carbocycles. The molecule has 0 radical (unpaired) electrons. The molecular formula is C14H20N6O. The molecule has 0 saturated carbocycles. The second kappa shape index (κ2) is 6.94. The molecule has 1 atom stereocenters. The first-order valence-corrected chi connectivity index (χ1v) is 6.96. The highest BCUT2D eigenvalue weighted by atomic mass is 16.1. The molecule has 1 aromatic heterocycles. The highest BCUT2D eigenvalue weighted by Crippen LogP contribution is 2.19. The standard InChI is InChI=1S/C14H20N6O/c1-10-5-6-12(8-13(10)20-9-16-18-19-20)17-14(21)11(2)4-3-7-15/h5-6,8-9,11H,3-4,7,15H2,1-2H3,(H,17,21). The number of carbonyl (C=O) groups is 1. The number of hydrogen-bond acceptors (Lipinski definition) is 5. The zero-order valence-electron chi connectivity index (χ0n) is 12.3. The highest BCUT2D eigenvalue weighted by molar-refractivity contribution is 5.92. The molecule has 0 spiro atoms. The number of aryl methyl sites for hydroxylation is 1. The first kappa shape index (κ1) is 15.1. The van der Waals surface area contributed by atoms with Gasteiger partial charge in [0.25, 0.3) is 0 Å². The minimum Gasteiger partial charge on any atom is -0.330 e. The second-order valence-corrected chi connectivity index (χ2v) is 5.08. The molecule has 0 saturated heterocycles. The molecule has 112 valence electrons. The Labute approximate surface area is 123 Å². The lowest BCUT2D eigenvalue weighted by atomic mass is 10.0. The van der Waals surface area contributed by atoms with Crippen molar-refractivity contribution in [2.45, 2.75) is 26.7 Å². The minimum atomic E-state index is -0.0636. The Kier molecular flexibility index (Phi) is 4.99. The van der Waals surface area contributed by atoms with Crippen molar-refractivity contribution < 1.29 is 4.79 Å². The summed E-state index contributed by atoms with van der Waals surface area (Å²) < 4.78 is 1.57. The number of tetrazole rings is 1. The average molecular weight is 288 g/mol. The maximum absolute atomic E-state index is 12.1. The van der Waals surface area contributed by atoms with Crippen LogP contribution in [0, 0.1) is 12.8 Å². The topological polar surface area (TPSA) is 98.7 Å². The Bertz CT molecular complexity index is 596. The number of nitrogens with two attached hydrogens (primary N) is 1. The Balaban J connectivity index is 2.11. The highest BCUT2D eigenvalue weighted by Gasteiger charge is 2.13. The van der Waals surface area contributed by atoms with Gasteiger partial charge in [-0.1, -0.05) is 13.0 Å². The Hall–Kier alpha value is -2.28. The Morgan fingerprint density at radius 2 is 2.29 bits per heavy atom. The number of aromatic nitrogens is 4. The molecule has 0 fully saturated rings. The van der Waals surface area contributed by atoms with Crippen LogP contribution in [0.5, 0.6) is 0 Å². The third-order valence-electron chi connectivity index (χ3n) is 3.36. The van der Waals surface area contributed by atoms with E-state index in [4.69, 9.17) is 5.73 Å². The van der Waals surface area contributed by atoms with Crippen molar-refractivity contribution in [1.82, 2.24) is 20.2 Å². The number of amides is 1. The normalized spacial score (nSPS) is 12.1. The number of nitrogens with one attached hydrogen (secondary N) is 1. The van der Waals surface area contributed by atoms with Crippen molar-refractivity contribution >= 4 is 11.6 Å². The molecule has 2 aromatic rings. The van der Waals surface area contributed by atoms with E-state index in [1.165, 1.54) is 6.33 Å². The molecule has 1 heterocycles. The summed E-state index contributed by atoms with van der Waals surface area (Å²) in [4.78, 5) is 12.1. The van der Waals surface area contributed by atoms with Crippen molar-refractivity contribution in [2.24, 2.45) is 11.7 Å². The summed E-state index contributed by atoms with van der Waals surface area (Å²) in [7, 11) is 0. The third-order valence-corrected chi connectivity index (χ3v) is 3.36. The summed E-state index contributed by atoms with van der Waals surface area (Å²) in [6.07, 6.45) is 3.16. The summed E-state index contributed by atoms with van der Waals surface area (Å²) in [6.45, 7) is 4.47. The van der Waals surface area contributed by atoms with Crippen molar-refractivity contribution in [3.05, 3.63) is 30.1 Å². The van der Waals surface area contributed by atoms with Gasteiger partial charge in [-0.2, -0.15) is 0 Å². The zero-order valence-corrected chi connectivity index (χ0v) is 12.3. The van der Waals surface area contributed by atoms with Gasteiger partial charge in [-0.05, 0) is 54.4 Å². The number of hydrogen-bond donors (Lipinski definition) is 2. The van der Waals surface area contributed by atoms with Crippen molar-refractivity contribution in [1.29, 1.82) is 0 Å². The molecule has 0 bridgehead atoms. The van der Waals surface area contributed by atoms with Crippen LogP contribution in [-0.4, -0.2) is 32.7 Å². The quantitative estimate of drug-likeness (QED) is 0.834. The minimum absolute atomic E-state index is 0.00466. The monoisotopic (exact) mass is 288 g/mol. The van der Waals surface area contributed by atoms with Gasteiger partial charge in [0.05, 0.1) is 5.69 Å². The van der Waals surface area contributed by atoms with E-state index in [0.29, 0.717) is 6.54 Å². The van der Waals surface area contributed by atoms with Crippen LogP contribution in [0.15, 0.2) is 24.5 Å². The number of carbonyl (C=O) groups excluding carboxylic acids is 1. The van der Waals surface area contributed by atoms with Crippen LogP contribution >= 0.6 is 0 Å². The fourth-order valence-corrected chi connectivity index (χ4v) is 2.03.